The first-order chi connectivity index (χ1) is 9.74. The zero-order valence-electron chi connectivity index (χ0n) is 11.8. The third-order valence-corrected chi connectivity index (χ3v) is 4.84. The van der Waals surface area contributed by atoms with E-state index in [1.807, 2.05) is 16.7 Å². The molecule has 1 atom stereocenters. The predicted octanol–water partition coefficient (Wildman–Crippen LogP) is 1.36. The third-order valence-electron chi connectivity index (χ3n) is 3.89. The molecule has 2 heterocycles. The monoisotopic (exact) mass is 294 g/mol. The van der Waals surface area contributed by atoms with E-state index in [1.165, 1.54) is 0 Å². The molecule has 2 aliphatic rings. The molecule has 0 spiro atoms. The van der Waals surface area contributed by atoms with Crippen molar-refractivity contribution in [3.63, 3.8) is 0 Å². The maximum Gasteiger partial charge on any atom is 0.245 e. The number of unbranched alkanes of at least 4 members (excludes halogenated alkanes) is 1. The fraction of sp³-hybridized carbons (Fsp3) is 0.733. The van der Waals surface area contributed by atoms with Crippen LogP contribution in [0.4, 0.5) is 0 Å². The van der Waals surface area contributed by atoms with Gasteiger partial charge in [-0.25, -0.2) is 0 Å². The van der Waals surface area contributed by atoms with E-state index in [0.29, 0.717) is 25.8 Å². The first-order valence-corrected chi connectivity index (χ1v) is 8.49. The summed E-state index contributed by atoms with van der Waals surface area (Å²) < 4.78 is 0. The van der Waals surface area contributed by atoms with Crippen LogP contribution in [0.25, 0.3) is 0 Å². The third kappa shape index (κ3) is 3.69. The van der Waals surface area contributed by atoms with Gasteiger partial charge in [0.2, 0.25) is 11.8 Å². The van der Waals surface area contributed by atoms with E-state index in [1.54, 1.807) is 4.90 Å². The van der Waals surface area contributed by atoms with E-state index >= 15 is 0 Å². The standard InChI is InChI=1S/C15H22N2O2S/c1-2-3-4-7-14(18)17-8-5-6-13(17)15(19)16-9-11-20-12-10-16/h1,13H,3-12H2/t13-/m0/s1. The minimum atomic E-state index is -0.226. The number of thioether (sulfide) groups is 1. The van der Waals surface area contributed by atoms with Gasteiger partial charge in [0, 0.05) is 44.0 Å². The second kappa shape index (κ2) is 7.58. The summed E-state index contributed by atoms with van der Waals surface area (Å²) in [6.07, 6.45) is 8.75. The van der Waals surface area contributed by atoms with Crippen LogP contribution >= 0.6 is 11.8 Å². The molecule has 0 radical (unpaired) electrons. The van der Waals surface area contributed by atoms with Gasteiger partial charge in [-0.1, -0.05) is 0 Å². The van der Waals surface area contributed by atoms with Crippen LogP contribution in [-0.2, 0) is 9.59 Å². The topological polar surface area (TPSA) is 40.6 Å². The summed E-state index contributed by atoms with van der Waals surface area (Å²) in [4.78, 5) is 28.4. The van der Waals surface area contributed by atoms with Crippen molar-refractivity contribution in [3.8, 4) is 12.3 Å². The first kappa shape index (κ1) is 15.2. The van der Waals surface area contributed by atoms with E-state index < -0.39 is 0 Å². The Morgan fingerprint density at radius 3 is 2.70 bits per heavy atom. The lowest BCUT2D eigenvalue weighted by atomic mass is 10.1. The number of amides is 2. The van der Waals surface area contributed by atoms with E-state index in [2.05, 4.69) is 5.92 Å². The zero-order valence-corrected chi connectivity index (χ0v) is 12.7. The number of carbonyl (C=O) groups excluding carboxylic acids is 2. The quantitative estimate of drug-likeness (QED) is 0.580. The van der Waals surface area contributed by atoms with E-state index in [0.717, 1.165) is 37.4 Å². The van der Waals surface area contributed by atoms with Crippen molar-refractivity contribution in [2.24, 2.45) is 0 Å². The highest BCUT2D eigenvalue weighted by Gasteiger charge is 2.36. The second-order valence-electron chi connectivity index (χ2n) is 5.24. The Bertz CT molecular complexity index is 399. The minimum Gasteiger partial charge on any atom is -0.339 e. The molecule has 0 aromatic carbocycles. The summed E-state index contributed by atoms with van der Waals surface area (Å²) in [5.41, 5.74) is 0. The molecule has 2 aliphatic heterocycles. The second-order valence-corrected chi connectivity index (χ2v) is 6.47. The van der Waals surface area contributed by atoms with Crippen LogP contribution in [0.2, 0.25) is 0 Å². The highest BCUT2D eigenvalue weighted by atomic mass is 32.2. The number of carbonyl (C=O) groups is 2. The molecule has 2 rings (SSSR count). The summed E-state index contributed by atoms with van der Waals surface area (Å²) in [5.74, 6) is 4.80. The zero-order chi connectivity index (χ0) is 14.4. The van der Waals surface area contributed by atoms with Crippen molar-refractivity contribution < 1.29 is 9.59 Å². The average molecular weight is 294 g/mol. The van der Waals surface area contributed by atoms with Gasteiger partial charge in [-0.3, -0.25) is 9.59 Å². The molecular weight excluding hydrogens is 272 g/mol. The molecule has 4 nitrogen and oxygen atoms in total. The number of likely N-dealkylation sites (tertiary alicyclic amines) is 1. The van der Waals surface area contributed by atoms with Crippen LogP contribution in [0.1, 0.15) is 32.1 Å². The fourth-order valence-electron chi connectivity index (χ4n) is 2.80. The Labute approximate surface area is 125 Å². The van der Waals surface area contributed by atoms with E-state index in [4.69, 9.17) is 6.42 Å². The van der Waals surface area contributed by atoms with Gasteiger partial charge < -0.3 is 9.80 Å². The number of nitrogens with zero attached hydrogens (tertiary/aromatic N) is 2. The molecule has 0 saturated carbocycles. The van der Waals surface area contributed by atoms with Crippen molar-refractivity contribution in [1.29, 1.82) is 0 Å². The molecule has 0 aromatic heterocycles. The van der Waals surface area contributed by atoms with Crippen molar-refractivity contribution in [1.82, 2.24) is 9.80 Å². The average Bonchev–Trinajstić information content (AvgIpc) is 2.97. The van der Waals surface area contributed by atoms with Crippen LogP contribution in [-0.4, -0.2) is 58.8 Å². The minimum absolute atomic E-state index is 0.0856. The lowest BCUT2D eigenvalue weighted by molar-refractivity contribution is -0.143. The summed E-state index contributed by atoms with van der Waals surface area (Å²) in [6, 6.07) is -0.226. The molecule has 0 bridgehead atoms. The predicted molar refractivity (Wildman–Crippen MR) is 81.3 cm³/mol. The molecule has 5 heteroatoms. The highest BCUT2D eigenvalue weighted by Crippen LogP contribution is 2.22. The normalized spacial score (nSPS) is 22.6. The fourth-order valence-corrected chi connectivity index (χ4v) is 3.70. The van der Waals surface area contributed by atoms with Gasteiger partial charge in [-0.05, 0) is 19.3 Å². The maximum atomic E-state index is 12.5. The molecule has 20 heavy (non-hydrogen) atoms. The molecule has 0 aliphatic carbocycles. The van der Waals surface area contributed by atoms with Gasteiger partial charge in [-0.15, -0.1) is 12.3 Å². The van der Waals surface area contributed by atoms with E-state index in [-0.39, 0.29) is 17.9 Å². The SMILES string of the molecule is C#CCCCC(=O)N1CCC[C@H]1C(=O)N1CCSCC1. The van der Waals surface area contributed by atoms with Crippen molar-refractivity contribution in [2.45, 2.75) is 38.1 Å². The number of rotatable bonds is 4. The molecule has 2 fully saturated rings. The van der Waals surface area contributed by atoms with Gasteiger partial charge in [0.1, 0.15) is 6.04 Å². The molecule has 0 unspecified atom stereocenters. The van der Waals surface area contributed by atoms with Crippen molar-refractivity contribution in [3.05, 3.63) is 0 Å². The largest absolute Gasteiger partial charge is 0.339 e. The van der Waals surface area contributed by atoms with Gasteiger partial charge >= 0.3 is 0 Å². The van der Waals surface area contributed by atoms with Gasteiger partial charge in [0.05, 0.1) is 0 Å². The van der Waals surface area contributed by atoms with E-state index in [9.17, 15) is 9.59 Å². The van der Waals surface area contributed by atoms with Crippen molar-refractivity contribution in [2.75, 3.05) is 31.1 Å². The Kier molecular flexibility index (Phi) is 5.78. The number of hydrogen-bond donors (Lipinski definition) is 0. The molecular formula is C15H22N2O2S. The molecule has 110 valence electrons. The van der Waals surface area contributed by atoms with Crippen LogP contribution in [0.3, 0.4) is 0 Å². The van der Waals surface area contributed by atoms with Crippen LogP contribution < -0.4 is 0 Å². The smallest absolute Gasteiger partial charge is 0.245 e. The van der Waals surface area contributed by atoms with Gasteiger partial charge in [0.25, 0.3) is 0 Å². The van der Waals surface area contributed by atoms with Crippen LogP contribution in [0.15, 0.2) is 0 Å². The highest BCUT2D eigenvalue weighted by molar-refractivity contribution is 7.99. The molecule has 0 aromatic rings. The maximum absolute atomic E-state index is 12.5. The van der Waals surface area contributed by atoms with Crippen LogP contribution in [0, 0.1) is 12.3 Å². The molecule has 2 amide bonds. The van der Waals surface area contributed by atoms with Gasteiger partial charge in [0.15, 0.2) is 0 Å². The Morgan fingerprint density at radius 2 is 2.00 bits per heavy atom. The number of terminal acetylenes is 1. The molecule has 0 N–H and O–H groups in total. The molecule has 2 saturated heterocycles. The van der Waals surface area contributed by atoms with Gasteiger partial charge in [-0.2, -0.15) is 11.8 Å². The summed E-state index contributed by atoms with van der Waals surface area (Å²) in [6.45, 7) is 2.35. The summed E-state index contributed by atoms with van der Waals surface area (Å²) in [5, 5.41) is 0. The van der Waals surface area contributed by atoms with Crippen molar-refractivity contribution >= 4 is 23.6 Å². The Hall–Kier alpha value is -1.15. The Balaban J connectivity index is 1.90. The van der Waals surface area contributed by atoms with Crippen LogP contribution in [0.5, 0.6) is 0 Å². The number of hydrogen-bond acceptors (Lipinski definition) is 3. The first-order valence-electron chi connectivity index (χ1n) is 7.33. The lowest BCUT2D eigenvalue weighted by Gasteiger charge is -2.32. The Morgan fingerprint density at radius 1 is 1.25 bits per heavy atom. The summed E-state index contributed by atoms with van der Waals surface area (Å²) in [7, 11) is 0. The summed E-state index contributed by atoms with van der Waals surface area (Å²) >= 11 is 1.89. The lowest BCUT2D eigenvalue weighted by Crippen LogP contribution is -2.50.